The summed E-state index contributed by atoms with van der Waals surface area (Å²) >= 11 is 0. The molecule has 0 unspecified atom stereocenters. The number of morpholine rings is 1. The summed E-state index contributed by atoms with van der Waals surface area (Å²) in [4.78, 5) is 19.3. The van der Waals surface area contributed by atoms with E-state index in [1.165, 1.54) is 6.33 Å². The van der Waals surface area contributed by atoms with Crippen LogP contribution in [0.15, 0.2) is 30.9 Å². The van der Waals surface area contributed by atoms with Crippen LogP contribution < -0.4 is 20.3 Å². The average Bonchev–Trinajstić information content (AvgIpc) is 2.87. The highest BCUT2D eigenvalue weighted by atomic mass is 19.1. The fourth-order valence-corrected chi connectivity index (χ4v) is 4.47. The lowest BCUT2D eigenvalue weighted by Crippen LogP contribution is -2.36. The van der Waals surface area contributed by atoms with E-state index in [4.69, 9.17) is 9.47 Å². The third-order valence-corrected chi connectivity index (χ3v) is 6.23. The molecule has 2 N–H and O–H groups in total. The van der Waals surface area contributed by atoms with Gasteiger partial charge in [-0.2, -0.15) is 4.39 Å². The molecule has 3 aromatic rings. The molecule has 1 aliphatic heterocycles. The molecule has 33 heavy (non-hydrogen) atoms. The van der Waals surface area contributed by atoms with Gasteiger partial charge in [0.2, 0.25) is 5.82 Å². The Bertz CT molecular complexity index is 1100. The van der Waals surface area contributed by atoms with Gasteiger partial charge in [-0.15, -0.1) is 0 Å². The van der Waals surface area contributed by atoms with Crippen LogP contribution in [0.2, 0.25) is 0 Å². The van der Waals surface area contributed by atoms with Gasteiger partial charge in [0.15, 0.2) is 11.6 Å². The van der Waals surface area contributed by atoms with Gasteiger partial charge in [0.05, 0.1) is 24.8 Å². The van der Waals surface area contributed by atoms with Crippen LogP contribution in [-0.4, -0.2) is 65.4 Å². The van der Waals surface area contributed by atoms with Gasteiger partial charge >= 0.3 is 0 Å². The topological polar surface area (TPSA) is 97.3 Å². The number of anilines is 3. The number of ether oxygens (including phenoxy) is 2. The number of nitrogens with one attached hydrogen (secondary N) is 2. The van der Waals surface area contributed by atoms with Crippen LogP contribution >= 0.6 is 0 Å². The second-order valence-electron chi connectivity index (χ2n) is 8.34. The van der Waals surface area contributed by atoms with Crippen LogP contribution in [0, 0.1) is 5.82 Å². The first kappa shape index (κ1) is 21.6. The van der Waals surface area contributed by atoms with Gasteiger partial charge in [0, 0.05) is 50.3 Å². The number of hydrogen-bond donors (Lipinski definition) is 2. The minimum atomic E-state index is -0.455. The zero-order valence-electron chi connectivity index (χ0n) is 18.6. The standard InChI is InChI=1S/C23H28FN7O2/c1-25-22-20(24)23(29-14-28-22)30-15-2-4-17(5-3-15)33-19-13-16(31-8-10-32-11-9-31)12-18-21(19)27-7-6-26-18/h6-7,12-15,17H,2-5,8-11H2,1H3,(H2,25,28,29,30). The highest BCUT2D eigenvalue weighted by Gasteiger charge is 2.25. The van der Waals surface area contributed by atoms with Crippen molar-refractivity contribution in [2.24, 2.45) is 0 Å². The van der Waals surface area contributed by atoms with Crippen molar-refractivity contribution in [3.05, 3.63) is 36.7 Å². The molecule has 0 spiro atoms. The third kappa shape index (κ3) is 4.75. The summed E-state index contributed by atoms with van der Waals surface area (Å²) in [6.45, 7) is 3.12. The number of nitrogens with zero attached hydrogens (tertiary/aromatic N) is 5. The quantitative estimate of drug-likeness (QED) is 0.583. The van der Waals surface area contributed by atoms with Crippen LogP contribution in [0.25, 0.3) is 11.0 Å². The lowest BCUT2D eigenvalue weighted by Gasteiger charge is -2.31. The van der Waals surface area contributed by atoms with E-state index in [1.807, 2.05) is 0 Å². The molecule has 0 atom stereocenters. The van der Waals surface area contributed by atoms with E-state index >= 15 is 0 Å². The highest BCUT2D eigenvalue weighted by Crippen LogP contribution is 2.33. The molecule has 0 amide bonds. The normalized spacial score (nSPS) is 21.1. The van der Waals surface area contributed by atoms with Crippen molar-refractivity contribution in [3.8, 4) is 5.75 Å². The molecule has 1 aliphatic carbocycles. The molecule has 174 valence electrons. The molecule has 1 saturated carbocycles. The van der Waals surface area contributed by atoms with E-state index in [2.05, 4.69) is 47.6 Å². The van der Waals surface area contributed by atoms with Crippen molar-refractivity contribution < 1.29 is 13.9 Å². The van der Waals surface area contributed by atoms with Crippen molar-refractivity contribution in [2.75, 3.05) is 48.9 Å². The number of benzene rings is 1. The second-order valence-corrected chi connectivity index (χ2v) is 8.34. The number of fused-ring (bicyclic) bond motifs is 1. The first-order chi connectivity index (χ1) is 16.2. The Balaban J connectivity index is 1.27. The Hall–Kier alpha value is -3.27. The lowest BCUT2D eigenvalue weighted by molar-refractivity contribution is 0.122. The van der Waals surface area contributed by atoms with Gasteiger partial charge < -0.3 is 25.0 Å². The molecule has 2 aliphatic rings. The smallest absolute Gasteiger partial charge is 0.207 e. The molecule has 1 saturated heterocycles. The Labute approximate surface area is 191 Å². The molecule has 5 rings (SSSR count). The fraction of sp³-hybridized carbons (Fsp3) is 0.478. The maximum Gasteiger partial charge on any atom is 0.207 e. The summed E-state index contributed by atoms with van der Waals surface area (Å²) < 4.78 is 26.4. The highest BCUT2D eigenvalue weighted by molar-refractivity contribution is 5.85. The fourth-order valence-electron chi connectivity index (χ4n) is 4.47. The second kappa shape index (κ2) is 9.70. The van der Waals surface area contributed by atoms with Gasteiger partial charge in [-0.05, 0) is 31.7 Å². The molecule has 9 nitrogen and oxygen atoms in total. The number of rotatable bonds is 6. The number of aromatic nitrogens is 4. The van der Waals surface area contributed by atoms with Gasteiger partial charge in [0.1, 0.15) is 17.6 Å². The van der Waals surface area contributed by atoms with Crippen LogP contribution in [0.4, 0.5) is 21.7 Å². The molecule has 0 radical (unpaired) electrons. The SMILES string of the molecule is CNc1ncnc(NC2CCC(Oc3cc(N4CCOCC4)cc4nccnc34)CC2)c1F. The minimum absolute atomic E-state index is 0.0660. The van der Waals surface area contributed by atoms with E-state index in [1.54, 1.807) is 19.4 Å². The maximum atomic E-state index is 14.4. The van der Waals surface area contributed by atoms with E-state index in [0.29, 0.717) is 13.2 Å². The maximum absolute atomic E-state index is 14.4. The zero-order valence-corrected chi connectivity index (χ0v) is 18.6. The van der Waals surface area contributed by atoms with Gasteiger partial charge in [0.25, 0.3) is 0 Å². The van der Waals surface area contributed by atoms with Crippen molar-refractivity contribution in [2.45, 2.75) is 37.8 Å². The van der Waals surface area contributed by atoms with Crippen LogP contribution in [-0.2, 0) is 4.74 Å². The van der Waals surface area contributed by atoms with E-state index < -0.39 is 5.82 Å². The van der Waals surface area contributed by atoms with Crippen LogP contribution in [0.5, 0.6) is 5.75 Å². The van der Waals surface area contributed by atoms with Crippen molar-refractivity contribution in [1.29, 1.82) is 0 Å². The Kier molecular flexibility index (Phi) is 6.34. The lowest BCUT2D eigenvalue weighted by atomic mass is 9.93. The summed E-state index contributed by atoms with van der Waals surface area (Å²) in [5, 5.41) is 5.97. The summed E-state index contributed by atoms with van der Waals surface area (Å²) in [6, 6.07) is 4.27. The summed E-state index contributed by atoms with van der Waals surface area (Å²) in [5.41, 5.74) is 2.68. The van der Waals surface area contributed by atoms with Crippen LogP contribution in [0.1, 0.15) is 25.7 Å². The summed E-state index contributed by atoms with van der Waals surface area (Å²) in [6.07, 6.45) is 8.25. The third-order valence-electron chi connectivity index (χ3n) is 6.23. The van der Waals surface area contributed by atoms with Gasteiger partial charge in [-0.25, -0.2) is 15.0 Å². The molecule has 3 heterocycles. The van der Waals surface area contributed by atoms with Crippen molar-refractivity contribution in [3.63, 3.8) is 0 Å². The molecular weight excluding hydrogens is 425 g/mol. The number of halogens is 1. The van der Waals surface area contributed by atoms with Crippen molar-refractivity contribution in [1.82, 2.24) is 19.9 Å². The molecular formula is C23H28FN7O2. The van der Waals surface area contributed by atoms with E-state index in [-0.39, 0.29) is 23.8 Å². The summed E-state index contributed by atoms with van der Waals surface area (Å²) in [5.74, 6) is 0.734. The molecule has 1 aromatic carbocycles. The van der Waals surface area contributed by atoms with Crippen LogP contribution in [0.3, 0.4) is 0 Å². The Morgan fingerprint density at radius 1 is 1.00 bits per heavy atom. The zero-order chi connectivity index (χ0) is 22.6. The predicted molar refractivity (Wildman–Crippen MR) is 124 cm³/mol. The van der Waals surface area contributed by atoms with E-state index in [9.17, 15) is 4.39 Å². The number of hydrogen-bond acceptors (Lipinski definition) is 9. The minimum Gasteiger partial charge on any atom is -0.488 e. The predicted octanol–water partition coefficient (Wildman–Crippen LogP) is 3.24. The van der Waals surface area contributed by atoms with Gasteiger partial charge in [-0.1, -0.05) is 0 Å². The summed E-state index contributed by atoms with van der Waals surface area (Å²) in [7, 11) is 1.64. The molecule has 0 bridgehead atoms. The Morgan fingerprint density at radius 2 is 1.76 bits per heavy atom. The van der Waals surface area contributed by atoms with E-state index in [0.717, 1.165) is 61.2 Å². The molecule has 2 aromatic heterocycles. The van der Waals surface area contributed by atoms with Crippen molar-refractivity contribution >= 4 is 28.4 Å². The first-order valence-electron chi connectivity index (χ1n) is 11.4. The molecule has 2 fully saturated rings. The average molecular weight is 454 g/mol. The Morgan fingerprint density at radius 3 is 2.55 bits per heavy atom. The molecule has 10 heteroatoms. The van der Waals surface area contributed by atoms with Gasteiger partial charge in [-0.3, -0.25) is 4.98 Å². The monoisotopic (exact) mass is 453 g/mol. The first-order valence-corrected chi connectivity index (χ1v) is 11.4. The largest absolute Gasteiger partial charge is 0.488 e.